The van der Waals surface area contributed by atoms with Crippen LogP contribution in [0, 0.1) is 0 Å². The molecule has 4 heteroatoms. The molecule has 2 rings (SSSR count). The van der Waals surface area contributed by atoms with E-state index >= 15 is 0 Å². The molecule has 1 atom stereocenters. The van der Waals surface area contributed by atoms with Crippen molar-refractivity contribution in [1.82, 2.24) is 0 Å². The second-order valence-corrected chi connectivity index (χ2v) is 10.3. The van der Waals surface area contributed by atoms with Gasteiger partial charge in [0.2, 0.25) is 0 Å². The van der Waals surface area contributed by atoms with E-state index in [1.807, 2.05) is 20.8 Å². The van der Waals surface area contributed by atoms with Crippen LogP contribution in [-0.4, -0.2) is 24.2 Å². The molecular weight excluding hydrogens is 485 g/mol. The van der Waals surface area contributed by atoms with Crippen LogP contribution in [0.3, 0.4) is 0 Å². The molecule has 0 aromatic heterocycles. The van der Waals surface area contributed by atoms with Gasteiger partial charge in [-0.1, -0.05) is 70.6 Å². The molecule has 172 valence electrons. The molecule has 1 aliphatic rings. The molecule has 0 N–H and O–H groups in total. The van der Waals surface area contributed by atoms with Crippen LogP contribution in [0.25, 0.3) is 0 Å². The summed E-state index contributed by atoms with van der Waals surface area (Å²) in [4.78, 5) is 14.3. The fraction of sp³-hybridized carbons (Fsp3) is 0.731. The summed E-state index contributed by atoms with van der Waals surface area (Å²) in [7, 11) is 0. The number of esters is 1. The summed E-state index contributed by atoms with van der Waals surface area (Å²) in [5.41, 5.74) is 2.81. The molecule has 1 unspecified atom stereocenters. The highest BCUT2D eigenvalue weighted by Crippen LogP contribution is 2.44. The second-order valence-electron chi connectivity index (χ2n) is 10.3. The van der Waals surface area contributed by atoms with Crippen molar-refractivity contribution >= 4 is 35.6 Å². The quantitative estimate of drug-likeness (QED) is 0.168. The van der Waals surface area contributed by atoms with E-state index < -0.39 is 0 Å². The minimum atomic E-state index is -0.359. The normalized spacial score (nSPS) is 17.4. The van der Waals surface area contributed by atoms with E-state index in [0.717, 1.165) is 19.4 Å². The van der Waals surface area contributed by atoms with Crippen molar-refractivity contribution in [3.63, 3.8) is 0 Å². The molecule has 0 aliphatic carbocycles. The zero-order valence-electron chi connectivity index (χ0n) is 20.1. The third kappa shape index (κ3) is 8.05. The van der Waals surface area contributed by atoms with Crippen LogP contribution < -0.4 is 4.90 Å². The van der Waals surface area contributed by atoms with Crippen LogP contribution in [0.2, 0.25) is 0 Å². The molecule has 0 saturated heterocycles. The number of carbonyl (C=O) groups is 1. The number of para-hydroxylation sites is 1. The Morgan fingerprint density at radius 1 is 0.967 bits per heavy atom. The van der Waals surface area contributed by atoms with Gasteiger partial charge in [0.25, 0.3) is 0 Å². The third-order valence-electron chi connectivity index (χ3n) is 6.37. The molecule has 1 aromatic carbocycles. The maximum absolute atomic E-state index is 11.7. The number of rotatable bonds is 11. The first-order valence-electron chi connectivity index (χ1n) is 11.7. The molecule has 0 bridgehead atoms. The molecule has 3 nitrogen and oxygen atoms in total. The van der Waals surface area contributed by atoms with Crippen molar-refractivity contribution in [1.29, 1.82) is 0 Å². The fourth-order valence-corrected chi connectivity index (χ4v) is 4.41. The molecule has 1 aromatic rings. The van der Waals surface area contributed by atoms with E-state index in [1.165, 1.54) is 49.8 Å². The first kappa shape index (κ1) is 27.3. The lowest BCUT2D eigenvalue weighted by Gasteiger charge is -2.31. The third-order valence-corrected chi connectivity index (χ3v) is 6.37. The SMILES string of the molecule is CC1N(CCCCCCCCCCC(=O)OC(C)(C)C)c2ccccc2C1(C)C.I. The largest absolute Gasteiger partial charge is 0.460 e. The highest BCUT2D eigenvalue weighted by Gasteiger charge is 2.40. The average molecular weight is 530 g/mol. The van der Waals surface area contributed by atoms with E-state index in [1.54, 1.807) is 0 Å². The van der Waals surface area contributed by atoms with Gasteiger partial charge in [0, 0.05) is 30.1 Å². The summed E-state index contributed by atoms with van der Waals surface area (Å²) in [6, 6.07) is 9.49. The van der Waals surface area contributed by atoms with E-state index in [2.05, 4.69) is 49.9 Å². The number of unbranched alkanes of at least 4 members (excludes halogenated alkanes) is 7. The minimum absolute atomic E-state index is 0. The van der Waals surface area contributed by atoms with Gasteiger partial charge in [-0.2, -0.15) is 0 Å². The van der Waals surface area contributed by atoms with Gasteiger partial charge in [-0.3, -0.25) is 4.79 Å². The van der Waals surface area contributed by atoms with Crippen molar-refractivity contribution in [2.45, 2.75) is 116 Å². The first-order chi connectivity index (χ1) is 13.6. The summed E-state index contributed by atoms with van der Waals surface area (Å²) in [5, 5.41) is 0. The number of fused-ring (bicyclic) bond motifs is 1. The predicted molar refractivity (Wildman–Crippen MR) is 139 cm³/mol. The lowest BCUT2D eigenvalue weighted by Crippen LogP contribution is -2.39. The highest BCUT2D eigenvalue weighted by atomic mass is 127. The highest BCUT2D eigenvalue weighted by molar-refractivity contribution is 14.0. The Hall–Kier alpha value is -0.780. The van der Waals surface area contributed by atoms with Crippen molar-refractivity contribution < 1.29 is 9.53 Å². The number of nitrogens with zero attached hydrogens (tertiary/aromatic N) is 1. The Bertz CT molecular complexity index is 651. The maximum Gasteiger partial charge on any atom is 0.306 e. The smallest absolute Gasteiger partial charge is 0.306 e. The molecule has 0 amide bonds. The standard InChI is InChI=1S/C26H43NO2.HI/c1-21-26(5,6)22-17-14-15-18-23(22)27(21)20-16-12-10-8-7-9-11-13-19-24(28)29-25(2,3)4;/h14-15,17-18,21H,7-13,16,19-20H2,1-6H3;1H. The number of ether oxygens (including phenoxy) is 1. The van der Waals surface area contributed by atoms with Gasteiger partial charge in [-0.25, -0.2) is 0 Å². The minimum Gasteiger partial charge on any atom is -0.460 e. The van der Waals surface area contributed by atoms with Crippen molar-refractivity contribution in [3.8, 4) is 0 Å². The number of halogens is 1. The number of carbonyl (C=O) groups excluding carboxylic acids is 1. The van der Waals surface area contributed by atoms with Crippen LogP contribution in [0.4, 0.5) is 5.69 Å². The molecule has 0 fully saturated rings. The van der Waals surface area contributed by atoms with Crippen LogP contribution in [-0.2, 0) is 14.9 Å². The Labute approximate surface area is 202 Å². The van der Waals surface area contributed by atoms with E-state index in [-0.39, 0.29) is 41.0 Å². The van der Waals surface area contributed by atoms with Gasteiger partial charge >= 0.3 is 5.97 Å². The second kappa shape index (κ2) is 12.3. The molecule has 30 heavy (non-hydrogen) atoms. The van der Waals surface area contributed by atoms with Crippen molar-refractivity contribution in [3.05, 3.63) is 29.8 Å². The topological polar surface area (TPSA) is 29.5 Å². The average Bonchev–Trinajstić information content (AvgIpc) is 2.82. The van der Waals surface area contributed by atoms with Gasteiger partial charge in [-0.05, 0) is 52.2 Å². The number of hydrogen-bond acceptors (Lipinski definition) is 3. The van der Waals surface area contributed by atoms with E-state index in [9.17, 15) is 4.79 Å². The molecule has 0 radical (unpaired) electrons. The molecular formula is C26H44INO2. The van der Waals surface area contributed by atoms with Crippen LogP contribution in [0.5, 0.6) is 0 Å². The Morgan fingerprint density at radius 2 is 1.50 bits per heavy atom. The number of benzene rings is 1. The van der Waals surface area contributed by atoms with Gasteiger partial charge in [0.15, 0.2) is 0 Å². The Kier molecular flexibility index (Phi) is 11.2. The van der Waals surface area contributed by atoms with E-state index in [4.69, 9.17) is 4.74 Å². The van der Waals surface area contributed by atoms with Crippen molar-refractivity contribution in [2.24, 2.45) is 0 Å². The maximum atomic E-state index is 11.7. The summed E-state index contributed by atoms with van der Waals surface area (Å²) in [6.45, 7) is 14.1. The Morgan fingerprint density at radius 3 is 2.10 bits per heavy atom. The number of hydrogen-bond donors (Lipinski definition) is 0. The summed E-state index contributed by atoms with van der Waals surface area (Å²) < 4.78 is 5.35. The molecule has 1 aliphatic heterocycles. The Balaban J connectivity index is 0.00000450. The lowest BCUT2D eigenvalue weighted by atomic mass is 9.81. The van der Waals surface area contributed by atoms with Crippen LogP contribution >= 0.6 is 24.0 Å². The monoisotopic (exact) mass is 529 g/mol. The van der Waals surface area contributed by atoms with Gasteiger partial charge in [-0.15, -0.1) is 24.0 Å². The molecule has 0 spiro atoms. The van der Waals surface area contributed by atoms with Crippen molar-refractivity contribution in [2.75, 3.05) is 11.4 Å². The van der Waals surface area contributed by atoms with Gasteiger partial charge in [0.1, 0.15) is 5.60 Å². The van der Waals surface area contributed by atoms with Gasteiger partial charge in [0.05, 0.1) is 0 Å². The fourth-order valence-electron chi connectivity index (χ4n) is 4.41. The van der Waals surface area contributed by atoms with Gasteiger partial charge < -0.3 is 9.64 Å². The van der Waals surface area contributed by atoms with E-state index in [0.29, 0.717) is 12.5 Å². The molecule has 0 saturated carbocycles. The molecule has 1 heterocycles. The summed E-state index contributed by atoms with van der Waals surface area (Å²) in [5.74, 6) is -0.0570. The lowest BCUT2D eigenvalue weighted by molar-refractivity contribution is -0.154. The summed E-state index contributed by atoms with van der Waals surface area (Å²) >= 11 is 0. The first-order valence-corrected chi connectivity index (χ1v) is 11.7. The predicted octanol–water partition coefficient (Wildman–Crippen LogP) is 7.64. The van der Waals surface area contributed by atoms with Crippen LogP contribution in [0.1, 0.15) is 105 Å². The summed E-state index contributed by atoms with van der Waals surface area (Å²) in [6.07, 6.45) is 10.4. The zero-order valence-corrected chi connectivity index (χ0v) is 22.5. The van der Waals surface area contributed by atoms with Crippen LogP contribution in [0.15, 0.2) is 24.3 Å². The number of anilines is 1. The zero-order chi connectivity index (χ0) is 21.5.